The molecule has 3 nitrogen and oxygen atoms in total. The van der Waals surface area contributed by atoms with Crippen LogP contribution in [0.3, 0.4) is 0 Å². The molecule has 0 atom stereocenters. The molecule has 0 aliphatic rings. The Bertz CT molecular complexity index is 383. The van der Waals surface area contributed by atoms with Crippen molar-refractivity contribution in [1.29, 1.82) is 0 Å². The van der Waals surface area contributed by atoms with Gasteiger partial charge in [0.2, 0.25) is 0 Å². The molecule has 4 N–H and O–H groups in total. The predicted molar refractivity (Wildman–Crippen MR) is 64.2 cm³/mol. The molecule has 1 aromatic carbocycles. The summed E-state index contributed by atoms with van der Waals surface area (Å²) in [6.07, 6.45) is 0.632. The van der Waals surface area contributed by atoms with Crippen molar-refractivity contribution in [3.63, 3.8) is 0 Å². The van der Waals surface area contributed by atoms with E-state index in [1.165, 1.54) is 0 Å². The molecule has 0 saturated heterocycles. The molecule has 0 unspecified atom stereocenters. The van der Waals surface area contributed by atoms with Crippen LogP contribution in [0.15, 0.2) is 10.5 Å². The number of hydrogen-bond donors (Lipinski definition) is 3. The summed E-state index contributed by atoms with van der Waals surface area (Å²) in [6, 6.07) is 1.54. The Morgan fingerprint density at radius 2 is 1.93 bits per heavy atom. The molecule has 0 aliphatic heterocycles. The van der Waals surface area contributed by atoms with Crippen molar-refractivity contribution < 1.29 is 10.2 Å². The van der Waals surface area contributed by atoms with Gasteiger partial charge in [-0.2, -0.15) is 0 Å². The number of aryl methyl sites for hydroxylation is 1. The molecule has 0 heterocycles. The maximum Gasteiger partial charge on any atom is 0.172 e. The number of hydrogen-bond acceptors (Lipinski definition) is 3. The Balaban J connectivity index is 3.24. The lowest BCUT2D eigenvalue weighted by Gasteiger charge is -2.21. The molecule has 0 spiro atoms. The molecule has 0 radical (unpaired) electrons. The van der Waals surface area contributed by atoms with Crippen molar-refractivity contribution in [1.82, 2.24) is 0 Å². The van der Waals surface area contributed by atoms with Gasteiger partial charge in [-0.05, 0) is 60.3 Å². The van der Waals surface area contributed by atoms with Crippen LogP contribution in [0, 0.1) is 6.92 Å². The number of aromatic hydroxyl groups is 2. The normalized spacial score (nSPS) is 11.8. The first-order valence-electron chi connectivity index (χ1n) is 4.71. The van der Waals surface area contributed by atoms with Crippen LogP contribution in [0.25, 0.3) is 0 Å². The standard InChI is InChI=1S/C11H16BrNO2/c1-6-4-8(14)10(15)9(12)7(6)5-11(2,3)13/h4,14-15H,5,13H2,1-3H3. The van der Waals surface area contributed by atoms with Crippen LogP contribution < -0.4 is 5.73 Å². The molecule has 84 valence electrons. The zero-order valence-electron chi connectivity index (χ0n) is 9.13. The third kappa shape index (κ3) is 2.86. The SMILES string of the molecule is Cc1cc(O)c(O)c(Br)c1CC(C)(C)N. The highest BCUT2D eigenvalue weighted by atomic mass is 79.9. The first-order chi connectivity index (χ1) is 6.72. The van der Waals surface area contributed by atoms with Crippen LogP contribution in [0.4, 0.5) is 0 Å². The third-order valence-corrected chi connectivity index (χ3v) is 3.03. The second kappa shape index (κ2) is 4.02. The Labute approximate surface area is 98.1 Å². The topological polar surface area (TPSA) is 66.5 Å². The number of phenols is 2. The van der Waals surface area contributed by atoms with E-state index in [9.17, 15) is 10.2 Å². The lowest BCUT2D eigenvalue weighted by molar-refractivity contribution is 0.399. The van der Waals surface area contributed by atoms with Crippen molar-refractivity contribution in [2.24, 2.45) is 5.73 Å². The molecule has 4 heteroatoms. The van der Waals surface area contributed by atoms with Gasteiger partial charge in [-0.25, -0.2) is 0 Å². The van der Waals surface area contributed by atoms with E-state index in [0.717, 1.165) is 11.1 Å². The maximum absolute atomic E-state index is 9.57. The summed E-state index contributed by atoms with van der Waals surface area (Å²) in [7, 11) is 0. The Morgan fingerprint density at radius 1 is 1.40 bits per heavy atom. The van der Waals surface area contributed by atoms with E-state index < -0.39 is 0 Å². The fourth-order valence-corrected chi connectivity index (χ4v) is 2.12. The highest BCUT2D eigenvalue weighted by molar-refractivity contribution is 9.10. The zero-order chi connectivity index (χ0) is 11.8. The Hall–Kier alpha value is -0.740. The van der Waals surface area contributed by atoms with Gasteiger partial charge in [0.25, 0.3) is 0 Å². The van der Waals surface area contributed by atoms with Gasteiger partial charge in [0, 0.05) is 5.54 Å². The Morgan fingerprint density at radius 3 is 2.40 bits per heavy atom. The van der Waals surface area contributed by atoms with Crippen LogP contribution in [-0.4, -0.2) is 15.8 Å². The summed E-state index contributed by atoms with van der Waals surface area (Å²) < 4.78 is 0.526. The van der Waals surface area contributed by atoms with Crippen molar-refractivity contribution in [2.75, 3.05) is 0 Å². The number of benzene rings is 1. The molecule has 0 fully saturated rings. The van der Waals surface area contributed by atoms with Crippen LogP contribution >= 0.6 is 15.9 Å². The minimum absolute atomic E-state index is 0.113. The molecule has 0 saturated carbocycles. The van der Waals surface area contributed by atoms with E-state index in [2.05, 4.69) is 15.9 Å². The lowest BCUT2D eigenvalue weighted by atomic mass is 9.93. The van der Waals surface area contributed by atoms with Crippen LogP contribution in [0.1, 0.15) is 25.0 Å². The molecule has 1 rings (SSSR count). The van der Waals surface area contributed by atoms with Gasteiger partial charge < -0.3 is 15.9 Å². The van der Waals surface area contributed by atoms with Crippen molar-refractivity contribution in [2.45, 2.75) is 32.7 Å². The molecular weight excluding hydrogens is 258 g/mol. The molecule has 15 heavy (non-hydrogen) atoms. The van der Waals surface area contributed by atoms with Gasteiger partial charge in [-0.3, -0.25) is 0 Å². The molecule has 0 bridgehead atoms. The predicted octanol–water partition coefficient (Wildman–Crippen LogP) is 2.45. The van der Waals surface area contributed by atoms with Crippen LogP contribution in [0.2, 0.25) is 0 Å². The summed E-state index contributed by atoms with van der Waals surface area (Å²) in [6.45, 7) is 5.72. The first kappa shape index (κ1) is 12.3. The maximum atomic E-state index is 9.57. The average molecular weight is 274 g/mol. The fraction of sp³-hybridized carbons (Fsp3) is 0.455. The Kier molecular flexibility index (Phi) is 3.31. The molecular formula is C11H16BrNO2. The molecule has 0 amide bonds. The molecule has 0 aromatic heterocycles. The van der Waals surface area contributed by atoms with Gasteiger partial charge in [-0.15, -0.1) is 0 Å². The second-order valence-electron chi connectivity index (χ2n) is 4.52. The number of phenolic OH excluding ortho intramolecular Hbond substituents is 2. The number of nitrogens with two attached hydrogens (primary N) is 1. The van der Waals surface area contributed by atoms with Crippen molar-refractivity contribution >= 4 is 15.9 Å². The summed E-state index contributed by atoms with van der Waals surface area (Å²) in [5, 5.41) is 19.0. The molecule has 0 aliphatic carbocycles. The van der Waals surface area contributed by atoms with E-state index in [1.54, 1.807) is 6.07 Å². The highest BCUT2D eigenvalue weighted by Gasteiger charge is 2.19. The second-order valence-corrected chi connectivity index (χ2v) is 5.31. The summed E-state index contributed by atoms with van der Waals surface area (Å²) in [4.78, 5) is 0. The fourth-order valence-electron chi connectivity index (χ4n) is 1.46. The minimum Gasteiger partial charge on any atom is -0.504 e. The van der Waals surface area contributed by atoms with Gasteiger partial charge in [0.15, 0.2) is 11.5 Å². The van der Waals surface area contributed by atoms with Crippen molar-refractivity contribution in [3.05, 3.63) is 21.7 Å². The monoisotopic (exact) mass is 273 g/mol. The summed E-state index contributed by atoms with van der Waals surface area (Å²) in [5.74, 6) is -0.238. The molecule has 1 aromatic rings. The third-order valence-electron chi connectivity index (χ3n) is 2.18. The number of halogens is 1. The van der Waals surface area contributed by atoms with E-state index in [-0.39, 0.29) is 17.0 Å². The smallest absolute Gasteiger partial charge is 0.172 e. The largest absolute Gasteiger partial charge is 0.504 e. The van der Waals surface area contributed by atoms with Gasteiger partial charge in [0.1, 0.15) is 0 Å². The number of rotatable bonds is 2. The van der Waals surface area contributed by atoms with Gasteiger partial charge in [0.05, 0.1) is 4.47 Å². The van der Waals surface area contributed by atoms with Crippen LogP contribution in [-0.2, 0) is 6.42 Å². The van der Waals surface area contributed by atoms with E-state index in [0.29, 0.717) is 10.9 Å². The summed E-state index contributed by atoms with van der Waals surface area (Å²) >= 11 is 3.27. The average Bonchev–Trinajstić information content (AvgIpc) is 2.07. The highest BCUT2D eigenvalue weighted by Crippen LogP contribution is 2.38. The summed E-state index contributed by atoms with van der Waals surface area (Å²) in [5.41, 5.74) is 7.42. The van der Waals surface area contributed by atoms with Gasteiger partial charge >= 0.3 is 0 Å². The zero-order valence-corrected chi connectivity index (χ0v) is 10.7. The van der Waals surface area contributed by atoms with E-state index >= 15 is 0 Å². The van der Waals surface area contributed by atoms with E-state index in [4.69, 9.17) is 5.73 Å². The quantitative estimate of drug-likeness (QED) is 0.726. The lowest BCUT2D eigenvalue weighted by Crippen LogP contribution is -2.34. The van der Waals surface area contributed by atoms with Crippen molar-refractivity contribution in [3.8, 4) is 11.5 Å². The van der Waals surface area contributed by atoms with Crippen LogP contribution in [0.5, 0.6) is 11.5 Å². The van der Waals surface area contributed by atoms with Gasteiger partial charge in [-0.1, -0.05) is 0 Å². The minimum atomic E-state index is -0.351. The first-order valence-corrected chi connectivity index (χ1v) is 5.50. The van der Waals surface area contributed by atoms with E-state index in [1.807, 2.05) is 20.8 Å².